The lowest BCUT2D eigenvalue weighted by atomic mass is 10.2. The van der Waals surface area contributed by atoms with Crippen LogP contribution in [-0.2, 0) is 4.74 Å². The summed E-state index contributed by atoms with van der Waals surface area (Å²) < 4.78 is 17.2. The first-order valence-corrected chi connectivity index (χ1v) is 3.91. The van der Waals surface area contributed by atoms with Crippen LogP contribution in [-0.4, -0.2) is 6.10 Å². The molecule has 0 unspecified atom stereocenters. The minimum absolute atomic E-state index is 0.117. The summed E-state index contributed by atoms with van der Waals surface area (Å²) in [6, 6.07) is -0.454. The van der Waals surface area contributed by atoms with Crippen molar-refractivity contribution >= 4 is 0 Å². The van der Waals surface area contributed by atoms with E-state index in [9.17, 15) is 4.39 Å². The number of hydrogen-bond acceptors (Lipinski definition) is 1. The van der Waals surface area contributed by atoms with Crippen molar-refractivity contribution < 1.29 is 9.13 Å². The lowest BCUT2D eigenvalue weighted by Crippen LogP contribution is -2.06. The summed E-state index contributed by atoms with van der Waals surface area (Å²) in [5.41, 5.74) is 0.563. The lowest BCUT2D eigenvalue weighted by molar-refractivity contribution is 0.104. The molecule has 1 aliphatic rings. The van der Waals surface area contributed by atoms with Crippen molar-refractivity contribution in [2.24, 2.45) is 0 Å². The standard InChI is InChI=1S/C7H9FO.C2H6/c1-5-3-4-6(2)9-7(5)8;1-2/h3-4,6H,1-2H3;1-2H3/t6-;/m0./s1. The number of halogens is 1. The first-order chi connectivity index (χ1) is 5.20. The van der Waals surface area contributed by atoms with Gasteiger partial charge >= 0.3 is 0 Å². The molecule has 0 fully saturated rings. The Labute approximate surface area is 67.6 Å². The molecule has 1 atom stereocenters. The summed E-state index contributed by atoms with van der Waals surface area (Å²) in [6.07, 6.45) is 3.43. The summed E-state index contributed by atoms with van der Waals surface area (Å²) in [6.45, 7) is 7.47. The van der Waals surface area contributed by atoms with Crippen molar-refractivity contribution in [1.82, 2.24) is 0 Å². The van der Waals surface area contributed by atoms with Crippen LogP contribution in [0.4, 0.5) is 4.39 Å². The van der Waals surface area contributed by atoms with Crippen molar-refractivity contribution in [1.29, 1.82) is 0 Å². The Balaban J connectivity index is 0.000000461. The molecule has 0 aromatic rings. The zero-order valence-corrected chi connectivity index (χ0v) is 7.52. The van der Waals surface area contributed by atoms with Gasteiger partial charge in [-0.05, 0) is 19.9 Å². The second kappa shape index (κ2) is 4.94. The lowest BCUT2D eigenvalue weighted by Gasteiger charge is -2.13. The van der Waals surface area contributed by atoms with Gasteiger partial charge in [0.15, 0.2) is 0 Å². The molecule has 64 valence electrons. The number of ether oxygens (including phenoxy) is 1. The molecule has 1 rings (SSSR count). The molecule has 1 aliphatic heterocycles. The number of rotatable bonds is 0. The summed E-state index contributed by atoms with van der Waals surface area (Å²) in [7, 11) is 0. The minimum Gasteiger partial charge on any atom is -0.463 e. The third-order valence-corrected chi connectivity index (χ3v) is 1.22. The van der Waals surface area contributed by atoms with E-state index in [0.29, 0.717) is 5.57 Å². The Morgan fingerprint density at radius 3 is 2.36 bits per heavy atom. The smallest absolute Gasteiger partial charge is 0.276 e. The zero-order chi connectivity index (χ0) is 8.85. The second-order valence-electron chi connectivity index (χ2n) is 2.14. The highest BCUT2D eigenvalue weighted by Crippen LogP contribution is 2.16. The van der Waals surface area contributed by atoms with Gasteiger partial charge in [0.05, 0.1) is 0 Å². The van der Waals surface area contributed by atoms with Crippen molar-refractivity contribution in [2.75, 3.05) is 0 Å². The van der Waals surface area contributed by atoms with Crippen molar-refractivity contribution in [3.8, 4) is 0 Å². The van der Waals surface area contributed by atoms with E-state index in [2.05, 4.69) is 0 Å². The summed E-state index contributed by atoms with van der Waals surface area (Å²) >= 11 is 0. The van der Waals surface area contributed by atoms with E-state index in [-0.39, 0.29) is 6.10 Å². The molecule has 0 saturated heterocycles. The average Bonchev–Trinajstić information content (AvgIpc) is 2.02. The predicted octanol–water partition coefficient (Wildman–Crippen LogP) is 3.19. The topological polar surface area (TPSA) is 9.23 Å². The maximum atomic E-state index is 12.4. The molecular weight excluding hydrogens is 143 g/mol. The van der Waals surface area contributed by atoms with Crippen LogP contribution < -0.4 is 0 Å². The molecule has 1 nitrogen and oxygen atoms in total. The van der Waals surface area contributed by atoms with E-state index in [1.807, 2.05) is 19.9 Å². The maximum Gasteiger partial charge on any atom is 0.276 e. The van der Waals surface area contributed by atoms with Crippen LogP contribution in [0.5, 0.6) is 0 Å². The van der Waals surface area contributed by atoms with Crippen molar-refractivity contribution in [3.05, 3.63) is 23.7 Å². The van der Waals surface area contributed by atoms with E-state index in [1.54, 1.807) is 19.9 Å². The normalized spacial score (nSPS) is 22.1. The molecule has 0 aliphatic carbocycles. The van der Waals surface area contributed by atoms with Crippen LogP contribution >= 0.6 is 0 Å². The molecule has 1 heterocycles. The van der Waals surface area contributed by atoms with E-state index in [0.717, 1.165) is 0 Å². The average molecular weight is 158 g/mol. The Bertz CT molecular complexity index is 170. The summed E-state index contributed by atoms with van der Waals surface area (Å²) in [5, 5.41) is 0. The Kier molecular flexibility index (Phi) is 4.59. The highest BCUT2D eigenvalue weighted by molar-refractivity contribution is 5.20. The molecule has 2 heteroatoms. The van der Waals surface area contributed by atoms with Gasteiger partial charge in [-0.3, -0.25) is 0 Å². The van der Waals surface area contributed by atoms with E-state index < -0.39 is 6.01 Å². The van der Waals surface area contributed by atoms with Crippen molar-refractivity contribution in [3.63, 3.8) is 0 Å². The number of allylic oxidation sites excluding steroid dienone is 2. The molecule has 0 N–H and O–H groups in total. The van der Waals surface area contributed by atoms with Gasteiger partial charge in [0, 0.05) is 5.57 Å². The van der Waals surface area contributed by atoms with Gasteiger partial charge < -0.3 is 4.74 Å². The highest BCUT2D eigenvalue weighted by Gasteiger charge is 2.08. The second-order valence-corrected chi connectivity index (χ2v) is 2.14. The van der Waals surface area contributed by atoms with Crippen LogP contribution in [0.15, 0.2) is 23.7 Å². The third kappa shape index (κ3) is 3.21. The Morgan fingerprint density at radius 2 is 2.00 bits per heavy atom. The molecule has 0 aromatic heterocycles. The molecule has 0 radical (unpaired) electrons. The van der Waals surface area contributed by atoms with Gasteiger partial charge in [-0.25, -0.2) is 0 Å². The van der Waals surface area contributed by atoms with Gasteiger partial charge in [-0.15, -0.1) is 0 Å². The maximum absolute atomic E-state index is 12.4. The van der Waals surface area contributed by atoms with Crippen LogP contribution in [0.25, 0.3) is 0 Å². The molecular formula is C9H15FO. The fourth-order valence-corrected chi connectivity index (χ4v) is 0.641. The monoisotopic (exact) mass is 158 g/mol. The SMILES string of the molecule is CC.CC1=C(F)O[C@@H](C)C=C1. The van der Waals surface area contributed by atoms with Gasteiger partial charge in [-0.1, -0.05) is 19.9 Å². The number of hydrogen-bond donors (Lipinski definition) is 0. The van der Waals surface area contributed by atoms with Gasteiger partial charge in [-0.2, -0.15) is 4.39 Å². The molecule has 0 amide bonds. The third-order valence-electron chi connectivity index (χ3n) is 1.22. The molecule has 0 bridgehead atoms. The van der Waals surface area contributed by atoms with E-state index >= 15 is 0 Å². The van der Waals surface area contributed by atoms with Gasteiger partial charge in [0.25, 0.3) is 6.01 Å². The van der Waals surface area contributed by atoms with Gasteiger partial charge in [0.1, 0.15) is 6.10 Å². The first-order valence-electron chi connectivity index (χ1n) is 3.91. The predicted molar refractivity (Wildman–Crippen MR) is 44.8 cm³/mol. The van der Waals surface area contributed by atoms with E-state index in [4.69, 9.17) is 4.74 Å². The van der Waals surface area contributed by atoms with Crippen molar-refractivity contribution in [2.45, 2.75) is 33.8 Å². The largest absolute Gasteiger partial charge is 0.463 e. The quantitative estimate of drug-likeness (QED) is 0.526. The fraction of sp³-hybridized carbons (Fsp3) is 0.556. The molecule has 0 aromatic carbocycles. The first kappa shape index (κ1) is 10.2. The highest BCUT2D eigenvalue weighted by atomic mass is 19.1. The van der Waals surface area contributed by atoms with Crippen LogP contribution in [0.2, 0.25) is 0 Å². The minimum atomic E-state index is -0.454. The molecule has 0 saturated carbocycles. The zero-order valence-electron chi connectivity index (χ0n) is 7.52. The van der Waals surface area contributed by atoms with E-state index in [1.165, 1.54) is 0 Å². The Morgan fingerprint density at radius 1 is 1.45 bits per heavy atom. The summed E-state index contributed by atoms with van der Waals surface area (Å²) in [4.78, 5) is 0. The van der Waals surface area contributed by atoms with Gasteiger partial charge in [0.2, 0.25) is 0 Å². The van der Waals surface area contributed by atoms with Crippen LogP contribution in [0, 0.1) is 0 Å². The fourth-order valence-electron chi connectivity index (χ4n) is 0.641. The van der Waals surface area contributed by atoms with Crippen LogP contribution in [0.3, 0.4) is 0 Å². The van der Waals surface area contributed by atoms with Crippen LogP contribution in [0.1, 0.15) is 27.7 Å². The molecule has 0 spiro atoms. The Hall–Kier alpha value is -0.790. The summed E-state index contributed by atoms with van der Waals surface area (Å²) in [5.74, 6) is 0. The molecule has 11 heavy (non-hydrogen) atoms.